The van der Waals surface area contributed by atoms with E-state index in [-0.39, 0.29) is 30.4 Å². The van der Waals surface area contributed by atoms with Crippen molar-refractivity contribution in [3.8, 4) is 6.07 Å². The molecule has 2 aromatic carbocycles. The first-order valence-electron chi connectivity index (χ1n) is 9.06. The largest absolute Gasteiger partial charge is 0.325 e. The summed E-state index contributed by atoms with van der Waals surface area (Å²) >= 11 is 0. The number of nitriles is 1. The maximum atomic E-state index is 13.3. The van der Waals surface area contributed by atoms with E-state index in [2.05, 4.69) is 10.8 Å². The molecule has 0 spiro atoms. The van der Waals surface area contributed by atoms with Crippen molar-refractivity contribution >= 4 is 11.6 Å². The predicted molar refractivity (Wildman–Crippen MR) is 103 cm³/mol. The van der Waals surface area contributed by atoms with Crippen LogP contribution in [0.5, 0.6) is 0 Å². The second kappa shape index (κ2) is 9.78. The van der Waals surface area contributed by atoms with Crippen molar-refractivity contribution in [1.29, 1.82) is 5.26 Å². The summed E-state index contributed by atoms with van der Waals surface area (Å²) in [6.07, 6.45) is 2.61. The summed E-state index contributed by atoms with van der Waals surface area (Å²) in [7, 11) is 0. The number of rotatable bonds is 7. The number of anilines is 1. The van der Waals surface area contributed by atoms with E-state index in [1.807, 2.05) is 11.0 Å². The molecule has 0 saturated carbocycles. The maximum absolute atomic E-state index is 13.3. The fourth-order valence-corrected chi connectivity index (χ4v) is 2.84. The topological polar surface area (TPSA) is 77.4 Å². The molecule has 3 rings (SSSR count). The van der Waals surface area contributed by atoms with Crippen molar-refractivity contribution < 1.29 is 18.4 Å². The smallest absolute Gasteiger partial charge is 0.238 e. The van der Waals surface area contributed by atoms with Gasteiger partial charge in [0.25, 0.3) is 0 Å². The van der Waals surface area contributed by atoms with Crippen LogP contribution in [0.2, 0.25) is 0 Å². The van der Waals surface area contributed by atoms with Crippen LogP contribution in [0.4, 0.5) is 14.5 Å². The van der Waals surface area contributed by atoms with Gasteiger partial charge in [0.1, 0.15) is 17.7 Å². The molecule has 29 heavy (non-hydrogen) atoms. The molecule has 2 aromatic rings. The summed E-state index contributed by atoms with van der Waals surface area (Å²) < 4.78 is 26.2. The summed E-state index contributed by atoms with van der Waals surface area (Å²) in [4.78, 5) is 19.5. The van der Waals surface area contributed by atoms with Gasteiger partial charge in [0.2, 0.25) is 5.91 Å². The average Bonchev–Trinajstić information content (AvgIpc) is 2.72. The van der Waals surface area contributed by atoms with Crippen LogP contribution < -0.4 is 10.8 Å². The molecular weight excluding hydrogens is 378 g/mol. The molecule has 0 aliphatic carbocycles. The highest BCUT2D eigenvalue weighted by atomic mass is 19.1. The third-order valence-corrected chi connectivity index (χ3v) is 4.38. The number of nitrogens with one attached hydrogen (secondary N) is 2. The summed E-state index contributed by atoms with van der Waals surface area (Å²) in [6.45, 7) is 1.68. The highest BCUT2D eigenvalue weighted by Crippen LogP contribution is 2.13. The standard InChI is InChI=1S/C21H20F2N4O2/c22-17-2-4-18(5-3-17)25-21(28)13-27-9-7-19(8-10-27)26-29-14-15-1-6-20(23)16(11-15)12-24/h1-7,11,26H,8-10,13-14H2,(H,25,28). The van der Waals surface area contributed by atoms with Gasteiger partial charge in [0, 0.05) is 30.9 Å². The quantitative estimate of drug-likeness (QED) is 0.701. The number of nitrogens with zero attached hydrogens (tertiary/aromatic N) is 2. The van der Waals surface area contributed by atoms with Crippen molar-refractivity contribution in [3.63, 3.8) is 0 Å². The van der Waals surface area contributed by atoms with Crippen molar-refractivity contribution in [1.82, 2.24) is 10.4 Å². The molecular formula is C21H20F2N4O2. The predicted octanol–water partition coefficient (Wildman–Crippen LogP) is 3.09. The lowest BCUT2D eigenvalue weighted by Gasteiger charge is -2.26. The lowest BCUT2D eigenvalue weighted by molar-refractivity contribution is -0.117. The maximum Gasteiger partial charge on any atom is 0.238 e. The number of halogens is 2. The second-order valence-corrected chi connectivity index (χ2v) is 6.59. The molecule has 6 nitrogen and oxygen atoms in total. The van der Waals surface area contributed by atoms with Crippen LogP contribution in [0.1, 0.15) is 17.5 Å². The Bertz CT molecular complexity index is 939. The summed E-state index contributed by atoms with van der Waals surface area (Å²) in [5.41, 5.74) is 4.98. The molecule has 0 atom stereocenters. The molecule has 1 aliphatic heterocycles. The number of carbonyl (C=O) groups is 1. The van der Waals surface area contributed by atoms with Crippen molar-refractivity contribution in [2.75, 3.05) is 25.0 Å². The van der Waals surface area contributed by atoms with Crippen LogP contribution >= 0.6 is 0 Å². The zero-order valence-electron chi connectivity index (χ0n) is 15.6. The Morgan fingerprint density at radius 1 is 1.21 bits per heavy atom. The molecule has 1 aliphatic rings. The molecule has 0 fully saturated rings. The van der Waals surface area contributed by atoms with E-state index in [0.717, 1.165) is 5.70 Å². The van der Waals surface area contributed by atoms with Crippen LogP contribution in [0.25, 0.3) is 0 Å². The van der Waals surface area contributed by atoms with Crippen molar-refractivity contribution in [2.24, 2.45) is 0 Å². The van der Waals surface area contributed by atoms with Gasteiger partial charge in [-0.3, -0.25) is 20.0 Å². The molecule has 0 bridgehead atoms. The number of carbonyl (C=O) groups excluding carboxylic acids is 1. The summed E-state index contributed by atoms with van der Waals surface area (Å²) in [6, 6.07) is 11.7. The zero-order chi connectivity index (χ0) is 20.6. The lowest BCUT2D eigenvalue weighted by atomic mass is 10.1. The van der Waals surface area contributed by atoms with E-state index < -0.39 is 5.82 Å². The summed E-state index contributed by atoms with van der Waals surface area (Å²) in [5.74, 6) is -1.07. The molecule has 0 radical (unpaired) electrons. The van der Waals surface area contributed by atoms with Crippen LogP contribution in [0.15, 0.2) is 54.2 Å². The Kier molecular flexibility index (Phi) is 6.89. The minimum Gasteiger partial charge on any atom is -0.325 e. The molecule has 0 saturated heterocycles. The van der Waals surface area contributed by atoms with Gasteiger partial charge in [-0.25, -0.2) is 8.78 Å². The van der Waals surface area contributed by atoms with E-state index in [1.165, 1.54) is 36.4 Å². The fraction of sp³-hybridized carbons (Fsp3) is 0.238. The number of hydrogen-bond donors (Lipinski definition) is 2. The van der Waals surface area contributed by atoms with Gasteiger partial charge >= 0.3 is 0 Å². The number of benzene rings is 2. The highest BCUT2D eigenvalue weighted by Gasteiger charge is 2.15. The molecule has 8 heteroatoms. The average molecular weight is 398 g/mol. The van der Waals surface area contributed by atoms with E-state index >= 15 is 0 Å². The van der Waals surface area contributed by atoms with Crippen molar-refractivity contribution in [3.05, 3.63) is 77.0 Å². The molecule has 2 N–H and O–H groups in total. The van der Waals surface area contributed by atoms with Gasteiger partial charge in [-0.05, 0) is 48.0 Å². The molecule has 1 heterocycles. The van der Waals surface area contributed by atoms with E-state index in [1.54, 1.807) is 12.1 Å². The SMILES string of the molecule is N#Cc1cc(CONC2=CCN(CC(=O)Nc3ccc(F)cc3)CC2)ccc1F. The minimum atomic E-state index is -0.553. The van der Waals surface area contributed by atoms with Gasteiger partial charge in [-0.2, -0.15) is 5.26 Å². The van der Waals surface area contributed by atoms with Gasteiger partial charge in [-0.1, -0.05) is 6.07 Å². The van der Waals surface area contributed by atoms with Gasteiger partial charge in [-0.15, -0.1) is 0 Å². The zero-order valence-corrected chi connectivity index (χ0v) is 15.6. The first kappa shape index (κ1) is 20.5. The first-order valence-corrected chi connectivity index (χ1v) is 9.06. The highest BCUT2D eigenvalue weighted by molar-refractivity contribution is 5.92. The Labute approximate surface area is 167 Å². The minimum absolute atomic E-state index is 0.0162. The third-order valence-electron chi connectivity index (χ3n) is 4.38. The molecule has 1 amide bonds. The van der Waals surface area contributed by atoms with Crippen LogP contribution in [0.3, 0.4) is 0 Å². The first-order chi connectivity index (χ1) is 14.0. The van der Waals surface area contributed by atoms with Crippen LogP contribution in [0, 0.1) is 23.0 Å². The van der Waals surface area contributed by atoms with E-state index in [0.29, 0.717) is 30.8 Å². The van der Waals surface area contributed by atoms with E-state index in [9.17, 15) is 13.6 Å². The van der Waals surface area contributed by atoms with Gasteiger partial charge < -0.3 is 5.32 Å². The van der Waals surface area contributed by atoms with Crippen LogP contribution in [-0.2, 0) is 16.2 Å². The molecule has 0 unspecified atom stereocenters. The summed E-state index contributed by atoms with van der Waals surface area (Å²) in [5, 5.41) is 11.6. The third kappa shape index (κ3) is 6.10. The second-order valence-electron chi connectivity index (χ2n) is 6.59. The monoisotopic (exact) mass is 398 g/mol. The normalized spacial score (nSPS) is 14.0. The van der Waals surface area contributed by atoms with Gasteiger partial charge in [0.15, 0.2) is 0 Å². The van der Waals surface area contributed by atoms with Gasteiger partial charge in [0.05, 0.1) is 18.7 Å². The Balaban J connectivity index is 1.40. The number of hydroxylamine groups is 1. The Hall–Kier alpha value is -3.28. The fourth-order valence-electron chi connectivity index (χ4n) is 2.84. The number of amides is 1. The molecule has 150 valence electrons. The van der Waals surface area contributed by atoms with Crippen molar-refractivity contribution in [2.45, 2.75) is 13.0 Å². The number of hydrogen-bond acceptors (Lipinski definition) is 5. The van der Waals surface area contributed by atoms with E-state index in [4.69, 9.17) is 10.1 Å². The Morgan fingerprint density at radius 2 is 2.00 bits per heavy atom. The molecule has 0 aromatic heterocycles. The van der Waals surface area contributed by atoms with Crippen LogP contribution in [-0.4, -0.2) is 30.4 Å². The Morgan fingerprint density at radius 3 is 2.69 bits per heavy atom. The lowest BCUT2D eigenvalue weighted by Crippen LogP contribution is -2.37.